The lowest BCUT2D eigenvalue weighted by atomic mass is 10.2. The van der Waals surface area contributed by atoms with Crippen molar-refractivity contribution in [1.29, 1.82) is 0 Å². The minimum atomic E-state index is -0.160. The molecule has 29 heavy (non-hydrogen) atoms. The monoisotopic (exact) mass is 408 g/mol. The molecule has 4 rings (SSSR count). The zero-order valence-electron chi connectivity index (χ0n) is 16.1. The van der Waals surface area contributed by atoms with Crippen molar-refractivity contribution in [2.24, 2.45) is 7.05 Å². The summed E-state index contributed by atoms with van der Waals surface area (Å²) >= 11 is 6.08. The first-order valence-corrected chi connectivity index (χ1v) is 9.86. The fourth-order valence-corrected chi connectivity index (χ4v) is 3.66. The lowest BCUT2D eigenvalue weighted by Gasteiger charge is -2.09. The van der Waals surface area contributed by atoms with Gasteiger partial charge in [0.2, 0.25) is 5.91 Å². The van der Waals surface area contributed by atoms with Crippen molar-refractivity contribution in [2.45, 2.75) is 19.4 Å². The van der Waals surface area contributed by atoms with Crippen LogP contribution in [0.4, 0.5) is 0 Å². The molecule has 1 amide bonds. The van der Waals surface area contributed by atoms with Crippen molar-refractivity contribution in [3.8, 4) is 0 Å². The van der Waals surface area contributed by atoms with E-state index in [2.05, 4.69) is 14.9 Å². The topological polar surface area (TPSA) is 68.9 Å². The minimum Gasteiger partial charge on any atom is -0.354 e. The molecule has 0 unspecified atom stereocenters. The maximum atomic E-state index is 12.5. The molecule has 0 fully saturated rings. The molecule has 2 aromatic heterocycles. The molecule has 148 valence electrons. The highest BCUT2D eigenvalue weighted by molar-refractivity contribution is 6.31. The number of halogens is 1. The molecule has 0 aliphatic carbocycles. The van der Waals surface area contributed by atoms with Crippen molar-refractivity contribution < 1.29 is 4.79 Å². The number of rotatable bonds is 6. The van der Waals surface area contributed by atoms with Gasteiger partial charge in [0.15, 0.2) is 0 Å². The molecule has 2 heterocycles. The van der Waals surface area contributed by atoms with E-state index < -0.39 is 0 Å². The highest BCUT2D eigenvalue weighted by atomic mass is 35.5. The van der Waals surface area contributed by atoms with Crippen LogP contribution < -0.4 is 10.9 Å². The molecule has 0 bridgehead atoms. The first-order valence-electron chi connectivity index (χ1n) is 9.48. The number of carbonyl (C=O) groups is 1. The average molecular weight is 409 g/mol. The summed E-state index contributed by atoms with van der Waals surface area (Å²) in [5, 5.41) is 4.71. The molecule has 0 radical (unpaired) electrons. The number of amides is 1. The van der Waals surface area contributed by atoms with Crippen LogP contribution in [-0.4, -0.2) is 26.6 Å². The summed E-state index contributed by atoms with van der Waals surface area (Å²) in [6.45, 7) is 1.14. The Morgan fingerprint density at radius 3 is 2.83 bits per heavy atom. The number of hydrogen-bond donors (Lipinski definition) is 1. The largest absolute Gasteiger partial charge is 0.354 e. The van der Waals surface area contributed by atoms with Crippen LogP contribution in [0.2, 0.25) is 5.02 Å². The molecule has 0 saturated carbocycles. The Morgan fingerprint density at radius 2 is 1.97 bits per heavy atom. The quantitative estimate of drug-likeness (QED) is 0.532. The van der Waals surface area contributed by atoms with Crippen molar-refractivity contribution in [1.82, 2.24) is 19.4 Å². The number of benzene rings is 2. The fourth-order valence-electron chi connectivity index (χ4n) is 3.49. The molecule has 6 nitrogen and oxygen atoms in total. The number of fused-ring (bicyclic) bond motifs is 2. The Hall–Kier alpha value is -3.12. The van der Waals surface area contributed by atoms with Crippen LogP contribution in [0.5, 0.6) is 0 Å². The Bertz CT molecular complexity index is 1260. The van der Waals surface area contributed by atoms with Gasteiger partial charge in [-0.3, -0.25) is 9.59 Å². The van der Waals surface area contributed by atoms with Gasteiger partial charge in [0.05, 0.1) is 11.0 Å². The normalized spacial score (nSPS) is 11.2. The molecule has 0 spiro atoms. The van der Waals surface area contributed by atoms with E-state index in [0.29, 0.717) is 30.2 Å². The summed E-state index contributed by atoms with van der Waals surface area (Å²) in [4.78, 5) is 29.2. The number of hydrogen-bond acceptors (Lipinski definition) is 3. The van der Waals surface area contributed by atoms with E-state index in [1.807, 2.05) is 54.7 Å². The van der Waals surface area contributed by atoms with Gasteiger partial charge in [-0.15, -0.1) is 0 Å². The van der Waals surface area contributed by atoms with Crippen LogP contribution in [0, 0.1) is 0 Å². The van der Waals surface area contributed by atoms with Crippen LogP contribution in [0.15, 0.2) is 59.5 Å². The van der Waals surface area contributed by atoms with E-state index in [0.717, 1.165) is 21.9 Å². The van der Waals surface area contributed by atoms with Gasteiger partial charge < -0.3 is 14.5 Å². The van der Waals surface area contributed by atoms with Crippen LogP contribution in [-0.2, 0) is 24.8 Å². The highest BCUT2D eigenvalue weighted by Gasteiger charge is 2.10. The summed E-state index contributed by atoms with van der Waals surface area (Å²) in [5.41, 5.74) is 2.82. The Balaban J connectivity index is 1.36. The first kappa shape index (κ1) is 19.2. The lowest BCUT2D eigenvalue weighted by Crippen LogP contribution is -2.29. The van der Waals surface area contributed by atoms with Crippen molar-refractivity contribution >= 4 is 39.4 Å². The Kier molecular flexibility index (Phi) is 5.36. The molecule has 0 aliphatic rings. The standard InChI is InChI=1S/C22H21ClN4O2/c1-26-19-5-3-2-4-17(19)25-18(22(26)29)8-9-21(28)24-11-13-27-12-10-15-6-7-16(23)14-20(15)27/h2-7,10,12,14H,8-9,11,13H2,1H3,(H,24,28). The molecule has 4 aromatic rings. The second kappa shape index (κ2) is 8.09. The van der Waals surface area contributed by atoms with Gasteiger partial charge in [-0.2, -0.15) is 0 Å². The van der Waals surface area contributed by atoms with Gasteiger partial charge in [-0.25, -0.2) is 4.98 Å². The minimum absolute atomic E-state index is 0.100. The van der Waals surface area contributed by atoms with Gasteiger partial charge in [-0.1, -0.05) is 29.8 Å². The highest BCUT2D eigenvalue weighted by Crippen LogP contribution is 2.20. The van der Waals surface area contributed by atoms with E-state index in [4.69, 9.17) is 11.6 Å². The fraction of sp³-hybridized carbons (Fsp3) is 0.227. The maximum Gasteiger partial charge on any atom is 0.272 e. The average Bonchev–Trinajstić information content (AvgIpc) is 3.12. The third-order valence-corrected chi connectivity index (χ3v) is 5.28. The Morgan fingerprint density at radius 1 is 1.14 bits per heavy atom. The van der Waals surface area contributed by atoms with Gasteiger partial charge in [0.25, 0.3) is 5.56 Å². The smallest absolute Gasteiger partial charge is 0.272 e. The van der Waals surface area contributed by atoms with E-state index in [1.54, 1.807) is 11.6 Å². The number of para-hydroxylation sites is 2. The predicted molar refractivity (Wildman–Crippen MR) is 115 cm³/mol. The number of nitrogens with zero attached hydrogens (tertiary/aromatic N) is 3. The molecule has 0 aliphatic heterocycles. The molecular formula is C22H21ClN4O2. The van der Waals surface area contributed by atoms with E-state index in [-0.39, 0.29) is 17.9 Å². The molecule has 7 heteroatoms. The summed E-state index contributed by atoms with van der Waals surface area (Å²) in [6, 6.07) is 15.3. The number of nitrogens with one attached hydrogen (secondary N) is 1. The maximum absolute atomic E-state index is 12.5. The van der Waals surface area contributed by atoms with Crippen LogP contribution >= 0.6 is 11.6 Å². The number of carbonyl (C=O) groups excluding carboxylic acids is 1. The molecule has 2 aromatic carbocycles. The third kappa shape index (κ3) is 4.03. The second-order valence-electron chi connectivity index (χ2n) is 6.97. The van der Waals surface area contributed by atoms with Crippen LogP contribution in [0.25, 0.3) is 21.9 Å². The number of aromatic nitrogens is 3. The zero-order valence-corrected chi connectivity index (χ0v) is 16.8. The molecule has 0 atom stereocenters. The van der Waals surface area contributed by atoms with Gasteiger partial charge in [-0.05, 0) is 35.7 Å². The summed E-state index contributed by atoms with van der Waals surface area (Å²) in [5.74, 6) is -0.100. The summed E-state index contributed by atoms with van der Waals surface area (Å²) < 4.78 is 3.64. The van der Waals surface area contributed by atoms with Crippen LogP contribution in [0.3, 0.4) is 0 Å². The van der Waals surface area contributed by atoms with Gasteiger partial charge in [0.1, 0.15) is 5.69 Å². The Labute approximate surface area is 172 Å². The van der Waals surface area contributed by atoms with Crippen LogP contribution in [0.1, 0.15) is 12.1 Å². The zero-order chi connectivity index (χ0) is 20.4. The predicted octanol–water partition coefficient (Wildman–Crippen LogP) is 3.29. The van der Waals surface area contributed by atoms with E-state index in [9.17, 15) is 9.59 Å². The van der Waals surface area contributed by atoms with Gasteiger partial charge >= 0.3 is 0 Å². The van der Waals surface area contributed by atoms with E-state index >= 15 is 0 Å². The van der Waals surface area contributed by atoms with Crippen molar-refractivity contribution in [3.05, 3.63) is 75.8 Å². The molecule has 1 N–H and O–H groups in total. The molecule has 0 saturated heterocycles. The first-order chi connectivity index (χ1) is 14.0. The van der Waals surface area contributed by atoms with E-state index in [1.165, 1.54) is 0 Å². The third-order valence-electron chi connectivity index (χ3n) is 5.05. The lowest BCUT2D eigenvalue weighted by molar-refractivity contribution is -0.121. The second-order valence-corrected chi connectivity index (χ2v) is 7.41. The van der Waals surface area contributed by atoms with Crippen molar-refractivity contribution in [2.75, 3.05) is 6.54 Å². The summed E-state index contributed by atoms with van der Waals surface area (Å²) in [7, 11) is 1.73. The number of aryl methyl sites for hydroxylation is 2. The van der Waals surface area contributed by atoms with Crippen molar-refractivity contribution in [3.63, 3.8) is 0 Å². The van der Waals surface area contributed by atoms with Gasteiger partial charge in [0, 0.05) is 49.7 Å². The SMILES string of the molecule is Cn1c(=O)c(CCC(=O)NCCn2ccc3ccc(Cl)cc32)nc2ccccc21. The summed E-state index contributed by atoms with van der Waals surface area (Å²) in [6.07, 6.45) is 2.51. The molecular weight excluding hydrogens is 388 g/mol.